The van der Waals surface area contributed by atoms with Crippen LogP contribution in [0.4, 0.5) is 0 Å². The van der Waals surface area contributed by atoms with E-state index in [1.807, 2.05) is 36.4 Å². The summed E-state index contributed by atoms with van der Waals surface area (Å²) in [5.74, 6) is 0.711. The molecule has 2 nitrogen and oxygen atoms in total. The van der Waals surface area contributed by atoms with Gasteiger partial charge in [0.05, 0.1) is 0 Å². The van der Waals surface area contributed by atoms with Crippen LogP contribution in [-0.4, -0.2) is 10.2 Å². The van der Waals surface area contributed by atoms with Gasteiger partial charge in [-0.2, -0.15) is 0 Å². The van der Waals surface area contributed by atoms with Crippen LogP contribution in [0.5, 0.6) is 11.5 Å². The lowest BCUT2D eigenvalue weighted by molar-refractivity contribution is 0.419. The zero-order valence-electron chi connectivity index (χ0n) is 16.5. The SMILES string of the molecule is CCC(C)(C)c1cccc(Cc2cccc(C(C)(C)CC)c2O)c1O. The van der Waals surface area contributed by atoms with Gasteiger partial charge in [-0.15, -0.1) is 0 Å². The quantitative estimate of drug-likeness (QED) is 0.670. The monoisotopic (exact) mass is 340 g/mol. The number of phenols is 2. The number of benzene rings is 2. The van der Waals surface area contributed by atoms with E-state index in [4.69, 9.17) is 0 Å². The van der Waals surface area contributed by atoms with Crippen LogP contribution >= 0.6 is 0 Å². The summed E-state index contributed by atoms with van der Waals surface area (Å²) < 4.78 is 0. The maximum absolute atomic E-state index is 10.8. The van der Waals surface area contributed by atoms with E-state index in [0.717, 1.165) is 35.1 Å². The molecule has 2 rings (SSSR count). The Labute approximate surface area is 152 Å². The molecule has 0 saturated carbocycles. The van der Waals surface area contributed by atoms with E-state index in [-0.39, 0.29) is 10.8 Å². The van der Waals surface area contributed by atoms with Gasteiger partial charge in [-0.25, -0.2) is 0 Å². The Bertz CT molecular complexity index is 678. The number of rotatable bonds is 6. The first-order valence-electron chi connectivity index (χ1n) is 9.26. The second-order valence-corrected chi connectivity index (χ2v) is 8.28. The smallest absolute Gasteiger partial charge is 0.122 e. The topological polar surface area (TPSA) is 40.5 Å². The average molecular weight is 341 g/mol. The first-order chi connectivity index (χ1) is 11.6. The Kier molecular flexibility index (Phi) is 5.51. The fourth-order valence-electron chi connectivity index (χ4n) is 3.15. The molecule has 0 aliphatic carbocycles. The lowest BCUT2D eigenvalue weighted by atomic mass is 9.79. The molecule has 2 N–H and O–H groups in total. The minimum Gasteiger partial charge on any atom is -0.507 e. The number of phenolic OH excluding ortho intramolecular Hbond substituents is 2. The van der Waals surface area contributed by atoms with E-state index in [1.165, 1.54) is 0 Å². The predicted molar refractivity (Wildman–Crippen MR) is 106 cm³/mol. The summed E-state index contributed by atoms with van der Waals surface area (Å²) in [5, 5.41) is 21.6. The lowest BCUT2D eigenvalue weighted by Gasteiger charge is -2.26. The fourth-order valence-corrected chi connectivity index (χ4v) is 3.15. The predicted octanol–water partition coefficient (Wildman–Crippen LogP) is 6.06. The summed E-state index contributed by atoms with van der Waals surface area (Å²) in [6.45, 7) is 12.9. The van der Waals surface area contributed by atoms with Crippen LogP contribution < -0.4 is 0 Å². The number of hydrogen-bond donors (Lipinski definition) is 2. The van der Waals surface area contributed by atoms with Crippen LogP contribution in [0.15, 0.2) is 36.4 Å². The number of para-hydroxylation sites is 2. The summed E-state index contributed by atoms with van der Waals surface area (Å²) in [6, 6.07) is 11.9. The summed E-state index contributed by atoms with van der Waals surface area (Å²) >= 11 is 0. The van der Waals surface area contributed by atoms with Gasteiger partial charge in [-0.05, 0) is 45.9 Å². The van der Waals surface area contributed by atoms with E-state index >= 15 is 0 Å². The Balaban J connectivity index is 2.45. The van der Waals surface area contributed by atoms with Crippen molar-refractivity contribution < 1.29 is 10.2 Å². The van der Waals surface area contributed by atoms with Crippen molar-refractivity contribution in [1.29, 1.82) is 0 Å². The highest BCUT2D eigenvalue weighted by atomic mass is 16.3. The van der Waals surface area contributed by atoms with Crippen molar-refractivity contribution in [3.63, 3.8) is 0 Å². The number of aromatic hydroxyl groups is 2. The van der Waals surface area contributed by atoms with Gasteiger partial charge in [-0.3, -0.25) is 0 Å². The van der Waals surface area contributed by atoms with E-state index in [1.54, 1.807) is 0 Å². The Morgan fingerprint density at radius 2 is 1.04 bits per heavy atom. The van der Waals surface area contributed by atoms with Gasteiger partial charge in [0.15, 0.2) is 0 Å². The van der Waals surface area contributed by atoms with Crippen molar-refractivity contribution in [3.05, 3.63) is 58.7 Å². The normalized spacial score (nSPS) is 12.4. The van der Waals surface area contributed by atoms with Crippen LogP contribution in [0, 0.1) is 0 Å². The first kappa shape index (κ1) is 19.4. The maximum atomic E-state index is 10.8. The molecule has 0 atom stereocenters. The molecule has 0 saturated heterocycles. The minimum atomic E-state index is -0.0752. The highest BCUT2D eigenvalue weighted by Crippen LogP contribution is 2.39. The largest absolute Gasteiger partial charge is 0.507 e. The van der Waals surface area contributed by atoms with Crippen molar-refractivity contribution in [2.75, 3.05) is 0 Å². The summed E-state index contributed by atoms with van der Waals surface area (Å²) in [4.78, 5) is 0. The molecule has 0 aliphatic heterocycles. The van der Waals surface area contributed by atoms with Crippen molar-refractivity contribution in [2.45, 2.75) is 71.6 Å². The lowest BCUT2D eigenvalue weighted by Crippen LogP contribution is -2.16. The van der Waals surface area contributed by atoms with E-state index < -0.39 is 0 Å². The molecular formula is C23H32O2. The second kappa shape index (κ2) is 7.11. The molecule has 136 valence electrons. The fraction of sp³-hybridized carbons (Fsp3) is 0.478. The zero-order chi connectivity index (χ0) is 18.8. The third-order valence-corrected chi connectivity index (χ3v) is 5.85. The van der Waals surface area contributed by atoms with Gasteiger partial charge in [-0.1, -0.05) is 77.9 Å². The molecule has 2 aromatic carbocycles. The Morgan fingerprint density at radius 3 is 1.36 bits per heavy atom. The summed E-state index contributed by atoms with van der Waals surface area (Å²) in [5.41, 5.74) is 3.51. The molecule has 0 amide bonds. The molecule has 2 heteroatoms. The van der Waals surface area contributed by atoms with Crippen molar-refractivity contribution in [3.8, 4) is 11.5 Å². The standard InChI is InChI=1S/C23H32O2/c1-7-22(3,4)18-13-9-11-16(20(18)24)15-17-12-10-14-19(21(17)25)23(5,6)8-2/h9-14,24-25H,7-8,15H2,1-6H3. The zero-order valence-corrected chi connectivity index (χ0v) is 16.5. The molecule has 25 heavy (non-hydrogen) atoms. The molecule has 0 aromatic heterocycles. The molecule has 0 aliphatic rings. The number of hydrogen-bond acceptors (Lipinski definition) is 2. The molecule has 2 aromatic rings. The Morgan fingerprint density at radius 1 is 0.680 bits per heavy atom. The summed E-state index contributed by atoms with van der Waals surface area (Å²) in [7, 11) is 0. The highest BCUT2D eigenvalue weighted by Gasteiger charge is 2.25. The van der Waals surface area contributed by atoms with Crippen LogP contribution in [-0.2, 0) is 17.3 Å². The first-order valence-corrected chi connectivity index (χ1v) is 9.26. The Hall–Kier alpha value is -1.96. The minimum absolute atomic E-state index is 0.0752. The molecule has 0 bridgehead atoms. The third-order valence-electron chi connectivity index (χ3n) is 5.85. The van der Waals surface area contributed by atoms with Crippen LogP contribution in [0.3, 0.4) is 0 Å². The van der Waals surface area contributed by atoms with Gasteiger partial charge in [0, 0.05) is 6.42 Å². The molecule has 0 fully saturated rings. The molecule has 0 unspecified atom stereocenters. The maximum Gasteiger partial charge on any atom is 0.122 e. The van der Waals surface area contributed by atoms with Gasteiger partial charge in [0.25, 0.3) is 0 Å². The van der Waals surface area contributed by atoms with Gasteiger partial charge < -0.3 is 10.2 Å². The van der Waals surface area contributed by atoms with Crippen molar-refractivity contribution in [1.82, 2.24) is 0 Å². The van der Waals surface area contributed by atoms with Crippen LogP contribution in [0.1, 0.15) is 76.6 Å². The molecule has 0 radical (unpaired) electrons. The van der Waals surface area contributed by atoms with Gasteiger partial charge >= 0.3 is 0 Å². The van der Waals surface area contributed by atoms with E-state index in [9.17, 15) is 10.2 Å². The van der Waals surface area contributed by atoms with Gasteiger partial charge in [0.2, 0.25) is 0 Å². The summed E-state index contributed by atoms with van der Waals surface area (Å²) in [6.07, 6.45) is 2.43. The molecule has 0 spiro atoms. The third kappa shape index (κ3) is 3.84. The highest BCUT2D eigenvalue weighted by molar-refractivity contribution is 5.50. The van der Waals surface area contributed by atoms with E-state index in [2.05, 4.69) is 41.5 Å². The van der Waals surface area contributed by atoms with Gasteiger partial charge in [0.1, 0.15) is 11.5 Å². The van der Waals surface area contributed by atoms with Crippen LogP contribution in [0.2, 0.25) is 0 Å². The second-order valence-electron chi connectivity index (χ2n) is 8.28. The van der Waals surface area contributed by atoms with Crippen molar-refractivity contribution in [2.24, 2.45) is 0 Å². The van der Waals surface area contributed by atoms with Crippen molar-refractivity contribution >= 4 is 0 Å². The molecule has 0 heterocycles. The van der Waals surface area contributed by atoms with E-state index in [0.29, 0.717) is 17.9 Å². The van der Waals surface area contributed by atoms with Crippen LogP contribution in [0.25, 0.3) is 0 Å². The molecular weight excluding hydrogens is 308 g/mol. The average Bonchev–Trinajstić information content (AvgIpc) is 2.58.